The van der Waals surface area contributed by atoms with Gasteiger partial charge in [-0.05, 0) is 48.2 Å². The first-order valence-corrected chi connectivity index (χ1v) is 7.24. The molecule has 0 N–H and O–H groups in total. The maximum Gasteiger partial charge on any atom is 0.120 e. The fraction of sp³-hybridized carbons (Fsp3) is 0.562. The summed E-state index contributed by atoms with van der Waals surface area (Å²) in [5, 5.41) is 0. The lowest BCUT2D eigenvalue weighted by molar-refractivity contribution is 0.111. The summed E-state index contributed by atoms with van der Waals surface area (Å²) in [5.41, 5.74) is 4.62. The van der Waals surface area contributed by atoms with Crippen LogP contribution in [0.25, 0.3) is 0 Å². The summed E-state index contributed by atoms with van der Waals surface area (Å²) >= 11 is 0. The van der Waals surface area contributed by atoms with Gasteiger partial charge in [0.1, 0.15) is 12.8 Å². The first-order valence-electron chi connectivity index (χ1n) is 7.24. The molecule has 2 aliphatic rings. The van der Waals surface area contributed by atoms with Gasteiger partial charge in [-0.2, -0.15) is 0 Å². The quantitative estimate of drug-likeness (QED) is 0.830. The van der Waals surface area contributed by atoms with E-state index in [-0.39, 0.29) is 5.92 Å². The molecule has 0 radical (unpaired) electrons. The Morgan fingerprint density at radius 1 is 1.40 bits per heavy atom. The normalized spacial score (nSPS) is 25.9. The Balaban J connectivity index is 1.80. The second-order valence-electron chi connectivity index (χ2n) is 5.78. The van der Waals surface area contributed by atoms with Crippen molar-refractivity contribution in [3.8, 4) is 0 Å². The van der Waals surface area contributed by atoms with E-state index in [1.54, 1.807) is 0 Å². The van der Waals surface area contributed by atoms with Crippen LogP contribution in [0.4, 0.5) is 8.78 Å². The zero-order valence-electron chi connectivity index (χ0n) is 11.8. The second-order valence-corrected chi connectivity index (χ2v) is 5.78. The first kappa shape index (κ1) is 13.7. The van der Waals surface area contributed by atoms with Crippen molar-refractivity contribution in [2.24, 2.45) is 4.99 Å². The number of hydrogen-bond acceptors (Lipinski definition) is 2. The van der Waals surface area contributed by atoms with Crippen LogP contribution in [0.3, 0.4) is 0 Å². The minimum Gasteiger partial charge on any atom is -0.298 e. The van der Waals surface area contributed by atoms with Gasteiger partial charge in [-0.25, -0.2) is 8.78 Å². The maximum atomic E-state index is 14.4. The van der Waals surface area contributed by atoms with E-state index in [9.17, 15) is 8.78 Å². The van der Waals surface area contributed by atoms with E-state index in [0.717, 1.165) is 29.7 Å². The van der Waals surface area contributed by atoms with Crippen molar-refractivity contribution in [2.75, 3.05) is 26.3 Å². The average Bonchev–Trinajstić information content (AvgIpc) is 2.86. The largest absolute Gasteiger partial charge is 0.298 e. The number of alkyl halides is 2. The number of piperidine rings is 1. The number of halogens is 2. The highest BCUT2D eigenvalue weighted by atomic mass is 19.1. The van der Waals surface area contributed by atoms with Gasteiger partial charge in [0, 0.05) is 25.2 Å². The van der Waals surface area contributed by atoms with E-state index < -0.39 is 12.8 Å². The number of rotatable bonds is 3. The zero-order chi connectivity index (χ0) is 14.1. The minimum atomic E-state index is -0.908. The molecule has 0 spiro atoms. The molecule has 1 aromatic carbocycles. The van der Waals surface area contributed by atoms with Gasteiger partial charge in [0.15, 0.2) is 0 Å². The van der Waals surface area contributed by atoms with Gasteiger partial charge in [-0.15, -0.1) is 0 Å². The third kappa shape index (κ3) is 2.49. The molecular weight excluding hydrogens is 258 g/mol. The van der Waals surface area contributed by atoms with Gasteiger partial charge < -0.3 is 0 Å². The molecular formula is C16H20F2N2. The number of fused-ring (bicyclic) bond motifs is 1. The average molecular weight is 278 g/mol. The lowest BCUT2D eigenvalue weighted by atomic mass is 9.84. The van der Waals surface area contributed by atoms with Crippen molar-refractivity contribution in [3.05, 3.63) is 34.4 Å². The highest BCUT2D eigenvalue weighted by molar-refractivity contribution is 5.85. The Hall–Kier alpha value is -1.29. The van der Waals surface area contributed by atoms with Crippen LogP contribution in [0.5, 0.6) is 0 Å². The molecule has 0 saturated carbocycles. The molecule has 2 heterocycles. The maximum absolute atomic E-state index is 14.4. The number of hydrogen-bond donors (Lipinski definition) is 0. The van der Waals surface area contributed by atoms with Gasteiger partial charge >= 0.3 is 0 Å². The predicted octanol–water partition coefficient (Wildman–Crippen LogP) is 3.02. The van der Waals surface area contributed by atoms with Gasteiger partial charge in [-0.1, -0.05) is 6.07 Å². The minimum absolute atomic E-state index is 0.0586. The number of aliphatic imine (C=N–C) groups is 1. The Morgan fingerprint density at radius 2 is 2.25 bits per heavy atom. The molecule has 1 aromatic rings. The SMILES string of the molecule is Cc1cc2c(cc1C1CCN(CCF)CC1F)CN=C2. The fourth-order valence-electron chi connectivity index (χ4n) is 3.33. The van der Waals surface area contributed by atoms with E-state index in [4.69, 9.17) is 0 Å². The molecule has 1 saturated heterocycles. The molecule has 1 fully saturated rings. The van der Waals surface area contributed by atoms with Crippen molar-refractivity contribution >= 4 is 6.21 Å². The molecule has 4 heteroatoms. The molecule has 0 aromatic heterocycles. The van der Waals surface area contributed by atoms with Crippen LogP contribution in [-0.4, -0.2) is 43.6 Å². The van der Waals surface area contributed by atoms with Crippen LogP contribution in [-0.2, 0) is 6.54 Å². The Morgan fingerprint density at radius 3 is 3.00 bits per heavy atom. The standard InChI is InChI=1S/C16H20F2N2/c1-11-6-12-8-19-9-13(12)7-15(11)14-2-4-20(5-3-17)10-16(14)18/h6-8,14,16H,2-5,9-10H2,1H3. The topological polar surface area (TPSA) is 15.6 Å². The van der Waals surface area contributed by atoms with Crippen molar-refractivity contribution in [1.29, 1.82) is 0 Å². The molecule has 2 unspecified atom stereocenters. The van der Waals surface area contributed by atoms with Crippen molar-refractivity contribution in [3.63, 3.8) is 0 Å². The Labute approximate surface area is 118 Å². The molecule has 0 aliphatic carbocycles. The lowest BCUT2D eigenvalue weighted by Gasteiger charge is -2.35. The molecule has 2 nitrogen and oxygen atoms in total. The fourth-order valence-corrected chi connectivity index (χ4v) is 3.33. The van der Waals surface area contributed by atoms with Crippen LogP contribution < -0.4 is 0 Å². The number of likely N-dealkylation sites (tertiary alicyclic amines) is 1. The second kappa shape index (κ2) is 5.60. The smallest absolute Gasteiger partial charge is 0.120 e. The van der Waals surface area contributed by atoms with Crippen molar-refractivity contribution in [1.82, 2.24) is 4.90 Å². The van der Waals surface area contributed by atoms with E-state index in [1.807, 2.05) is 18.0 Å². The summed E-state index contributed by atoms with van der Waals surface area (Å²) in [5.74, 6) is -0.0586. The summed E-state index contributed by atoms with van der Waals surface area (Å²) in [6, 6.07) is 4.24. The molecule has 2 aliphatic heterocycles. The Kier molecular flexibility index (Phi) is 3.83. The zero-order valence-corrected chi connectivity index (χ0v) is 11.8. The third-order valence-electron chi connectivity index (χ3n) is 4.45. The summed E-state index contributed by atoms with van der Waals surface area (Å²) in [6.45, 7) is 3.84. The highest BCUT2D eigenvalue weighted by Gasteiger charge is 2.31. The molecule has 20 heavy (non-hydrogen) atoms. The van der Waals surface area contributed by atoms with E-state index in [2.05, 4.69) is 17.1 Å². The molecule has 0 amide bonds. The van der Waals surface area contributed by atoms with Crippen molar-refractivity contribution < 1.29 is 8.78 Å². The van der Waals surface area contributed by atoms with Crippen LogP contribution in [0.2, 0.25) is 0 Å². The highest BCUT2D eigenvalue weighted by Crippen LogP contribution is 2.34. The number of benzene rings is 1. The number of aryl methyl sites for hydroxylation is 1. The van der Waals surface area contributed by atoms with Gasteiger partial charge in [0.05, 0.1) is 6.54 Å². The molecule has 3 rings (SSSR count). The third-order valence-corrected chi connectivity index (χ3v) is 4.45. The van der Waals surface area contributed by atoms with E-state index >= 15 is 0 Å². The van der Waals surface area contributed by atoms with Gasteiger partial charge in [0.2, 0.25) is 0 Å². The molecule has 0 bridgehead atoms. The summed E-state index contributed by atoms with van der Waals surface area (Å²) in [7, 11) is 0. The summed E-state index contributed by atoms with van der Waals surface area (Å²) < 4.78 is 26.8. The molecule has 108 valence electrons. The summed E-state index contributed by atoms with van der Waals surface area (Å²) in [4.78, 5) is 6.15. The lowest BCUT2D eigenvalue weighted by Crippen LogP contribution is -2.41. The van der Waals surface area contributed by atoms with Crippen LogP contribution in [0, 0.1) is 6.92 Å². The van der Waals surface area contributed by atoms with Gasteiger partial charge in [-0.3, -0.25) is 9.89 Å². The first-order chi connectivity index (χ1) is 9.69. The van der Waals surface area contributed by atoms with Crippen LogP contribution >= 0.6 is 0 Å². The van der Waals surface area contributed by atoms with Crippen LogP contribution in [0.15, 0.2) is 17.1 Å². The monoisotopic (exact) mass is 278 g/mol. The Bertz CT molecular complexity index is 527. The summed E-state index contributed by atoms with van der Waals surface area (Å²) in [6.07, 6.45) is 1.75. The van der Waals surface area contributed by atoms with Crippen LogP contribution in [0.1, 0.15) is 34.6 Å². The van der Waals surface area contributed by atoms with E-state index in [1.165, 1.54) is 5.56 Å². The van der Waals surface area contributed by atoms with Crippen molar-refractivity contribution in [2.45, 2.75) is 32.0 Å². The predicted molar refractivity (Wildman–Crippen MR) is 77.1 cm³/mol. The van der Waals surface area contributed by atoms with Gasteiger partial charge in [0.25, 0.3) is 0 Å². The number of nitrogens with zero attached hydrogens (tertiary/aromatic N) is 2. The van der Waals surface area contributed by atoms with E-state index in [0.29, 0.717) is 19.6 Å². The molecule has 2 atom stereocenters.